The van der Waals surface area contributed by atoms with E-state index < -0.39 is 0 Å². The monoisotopic (exact) mass is 422 g/mol. The molecule has 2 aliphatic rings. The van der Waals surface area contributed by atoms with Gasteiger partial charge in [0, 0.05) is 18.0 Å². The van der Waals surface area contributed by atoms with Crippen LogP contribution in [0.2, 0.25) is 0 Å². The molecule has 1 saturated carbocycles. The molecular weight excluding hydrogens is 388 g/mol. The van der Waals surface area contributed by atoms with E-state index in [9.17, 15) is 9.59 Å². The molecule has 1 aliphatic heterocycles. The molecule has 1 aromatic carbocycles. The van der Waals surface area contributed by atoms with Crippen molar-refractivity contribution in [3.63, 3.8) is 0 Å². The fourth-order valence-corrected chi connectivity index (χ4v) is 4.48. The van der Waals surface area contributed by atoms with Crippen molar-refractivity contribution < 1.29 is 14.3 Å². The molecule has 0 aromatic heterocycles. The van der Waals surface area contributed by atoms with Crippen LogP contribution in [0.4, 0.5) is 0 Å². The molecule has 6 heteroatoms. The highest BCUT2D eigenvalue weighted by Crippen LogP contribution is 2.28. The van der Waals surface area contributed by atoms with Gasteiger partial charge in [-0.15, -0.1) is 12.4 Å². The molecule has 2 fully saturated rings. The first-order valence-electron chi connectivity index (χ1n) is 10.9. The topological polar surface area (TPSA) is 67.4 Å². The maximum absolute atomic E-state index is 12.6. The number of hydrogen-bond acceptors (Lipinski definition) is 4. The average Bonchev–Trinajstić information content (AvgIpc) is 2.74. The SMILES string of the molecule is CCOC(=O)CCC1CCC(NC(=O)c2ccc(C3CCNCC3)cc2)CC1.Cl. The van der Waals surface area contributed by atoms with E-state index in [1.165, 1.54) is 18.4 Å². The minimum atomic E-state index is -0.0918. The maximum atomic E-state index is 12.6. The smallest absolute Gasteiger partial charge is 0.305 e. The Hall–Kier alpha value is -1.59. The number of piperidine rings is 1. The van der Waals surface area contributed by atoms with E-state index in [0.29, 0.717) is 24.9 Å². The third-order valence-corrected chi connectivity index (χ3v) is 6.23. The summed E-state index contributed by atoms with van der Waals surface area (Å²) in [6.07, 6.45) is 7.88. The average molecular weight is 423 g/mol. The number of ether oxygens (including phenoxy) is 1. The van der Waals surface area contributed by atoms with Gasteiger partial charge in [-0.05, 0) is 94.5 Å². The van der Waals surface area contributed by atoms with Crippen LogP contribution < -0.4 is 10.6 Å². The quantitative estimate of drug-likeness (QED) is 0.646. The summed E-state index contributed by atoms with van der Waals surface area (Å²) in [4.78, 5) is 24.1. The third-order valence-electron chi connectivity index (χ3n) is 6.23. The number of benzene rings is 1. The lowest BCUT2D eigenvalue weighted by Gasteiger charge is -2.29. The fourth-order valence-electron chi connectivity index (χ4n) is 4.48. The molecule has 5 nitrogen and oxygen atoms in total. The molecule has 1 aromatic rings. The standard InChI is InChI=1S/C23H34N2O3.ClH/c1-2-28-22(26)12-5-17-3-10-21(11-4-17)25-23(27)20-8-6-18(7-9-20)19-13-15-24-16-14-19;/h6-9,17,19,21,24H,2-5,10-16H2,1H3,(H,25,27);1H. The van der Waals surface area contributed by atoms with Crippen molar-refractivity contribution in [3.05, 3.63) is 35.4 Å². The maximum Gasteiger partial charge on any atom is 0.305 e. The van der Waals surface area contributed by atoms with Crippen LogP contribution in [0.3, 0.4) is 0 Å². The lowest BCUT2D eigenvalue weighted by molar-refractivity contribution is -0.143. The molecule has 1 amide bonds. The van der Waals surface area contributed by atoms with Crippen molar-refractivity contribution in [2.75, 3.05) is 19.7 Å². The van der Waals surface area contributed by atoms with Crippen LogP contribution >= 0.6 is 12.4 Å². The lowest BCUT2D eigenvalue weighted by Crippen LogP contribution is -2.37. The number of nitrogens with one attached hydrogen (secondary N) is 2. The molecule has 29 heavy (non-hydrogen) atoms. The van der Waals surface area contributed by atoms with E-state index in [-0.39, 0.29) is 30.3 Å². The number of rotatable bonds is 7. The zero-order valence-electron chi connectivity index (χ0n) is 17.5. The summed E-state index contributed by atoms with van der Waals surface area (Å²) in [5.74, 6) is 1.13. The summed E-state index contributed by atoms with van der Waals surface area (Å²) in [5.41, 5.74) is 2.10. The highest BCUT2D eigenvalue weighted by Gasteiger charge is 2.23. The van der Waals surface area contributed by atoms with Gasteiger partial charge in [0.05, 0.1) is 6.61 Å². The first-order valence-corrected chi connectivity index (χ1v) is 10.9. The molecule has 0 atom stereocenters. The van der Waals surface area contributed by atoms with E-state index >= 15 is 0 Å². The van der Waals surface area contributed by atoms with Crippen molar-refractivity contribution in [2.24, 2.45) is 5.92 Å². The highest BCUT2D eigenvalue weighted by molar-refractivity contribution is 5.94. The molecule has 0 spiro atoms. The van der Waals surface area contributed by atoms with Gasteiger partial charge in [-0.3, -0.25) is 9.59 Å². The van der Waals surface area contributed by atoms with Crippen LogP contribution in [0.5, 0.6) is 0 Å². The summed E-state index contributed by atoms with van der Waals surface area (Å²) in [7, 11) is 0. The molecular formula is C23H35ClN2O3. The molecule has 1 aliphatic carbocycles. The predicted molar refractivity (Wildman–Crippen MR) is 118 cm³/mol. The van der Waals surface area contributed by atoms with Crippen LogP contribution in [0.15, 0.2) is 24.3 Å². The first-order chi connectivity index (χ1) is 13.7. The van der Waals surface area contributed by atoms with E-state index in [1.807, 2.05) is 19.1 Å². The summed E-state index contributed by atoms with van der Waals surface area (Å²) >= 11 is 0. The molecule has 162 valence electrons. The summed E-state index contributed by atoms with van der Waals surface area (Å²) in [5, 5.41) is 6.59. The normalized spacial score (nSPS) is 22.4. The molecule has 1 heterocycles. The molecule has 1 saturated heterocycles. The molecule has 0 bridgehead atoms. The van der Waals surface area contributed by atoms with Gasteiger partial charge in [-0.25, -0.2) is 0 Å². The van der Waals surface area contributed by atoms with Gasteiger partial charge in [-0.2, -0.15) is 0 Å². The molecule has 0 unspecified atom stereocenters. The van der Waals surface area contributed by atoms with Crippen LogP contribution in [-0.4, -0.2) is 37.6 Å². The van der Waals surface area contributed by atoms with Gasteiger partial charge in [0.2, 0.25) is 0 Å². The van der Waals surface area contributed by atoms with E-state index in [4.69, 9.17) is 4.74 Å². The minimum Gasteiger partial charge on any atom is -0.466 e. The van der Waals surface area contributed by atoms with Gasteiger partial charge < -0.3 is 15.4 Å². The van der Waals surface area contributed by atoms with Crippen molar-refractivity contribution in [3.8, 4) is 0 Å². The Morgan fingerprint density at radius 1 is 1.03 bits per heavy atom. The third kappa shape index (κ3) is 7.31. The Morgan fingerprint density at radius 2 is 1.69 bits per heavy atom. The van der Waals surface area contributed by atoms with Crippen molar-refractivity contribution >= 4 is 24.3 Å². The van der Waals surface area contributed by atoms with Gasteiger partial charge in [0.25, 0.3) is 5.91 Å². The van der Waals surface area contributed by atoms with Gasteiger partial charge in [0.15, 0.2) is 0 Å². The van der Waals surface area contributed by atoms with Crippen LogP contribution in [-0.2, 0) is 9.53 Å². The van der Waals surface area contributed by atoms with E-state index in [1.54, 1.807) is 0 Å². The lowest BCUT2D eigenvalue weighted by atomic mass is 9.83. The molecule has 3 rings (SSSR count). The van der Waals surface area contributed by atoms with Gasteiger partial charge >= 0.3 is 5.97 Å². The van der Waals surface area contributed by atoms with Gasteiger partial charge in [-0.1, -0.05) is 12.1 Å². The Labute approximate surface area is 180 Å². The number of amides is 1. The Kier molecular flexibility index (Phi) is 9.95. The fraction of sp³-hybridized carbons (Fsp3) is 0.652. The van der Waals surface area contributed by atoms with Crippen LogP contribution in [0, 0.1) is 5.92 Å². The van der Waals surface area contributed by atoms with E-state index in [2.05, 4.69) is 22.8 Å². The highest BCUT2D eigenvalue weighted by atomic mass is 35.5. The Bertz CT molecular complexity index is 636. The number of carbonyl (C=O) groups is 2. The van der Waals surface area contributed by atoms with Crippen molar-refractivity contribution in [1.29, 1.82) is 0 Å². The predicted octanol–water partition coefficient (Wildman–Crippen LogP) is 4.21. The Balaban J connectivity index is 0.00000300. The van der Waals surface area contributed by atoms with Crippen LogP contribution in [0.25, 0.3) is 0 Å². The van der Waals surface area contributed by atoms with Crippen LogP contribution in [0.1, 0.15) is 80.1 Å². The molecule has 0 radical (unpaired) electrons. The summed E-state index contributed by atoms with van der Waals surface area (Å²) in [6, 6.07) is 8.43. The van der Waals surface area contributed by atoms with Gasteiger partial charge in [0.1, 0.15) is 0 Å². The second-order valence-electron chi connectivity index (χ2n) is 8.18. The summed E-state index contributed by atoms with van der Waals surface area (Å²) < 4.78 is 5.00. The molecule has 2 N–H and O–H groups in total. The second kappa shape index (κ2) is 12.2. The largest absolute Gasteiger partial charge is 0.466 e. The van der Waals surface area contributed by atoms with E-state index in [0.717, 1.165) is 50.8 Å². The number of halogens is 1. The minimum absolute atomic E-state index is 0. The number of carbonyl (C=O) groups excluding carboxylic acids is 2. The Morgan fingerprint density at radius 3 is 2.31 bits per heavy atom. The second-order valence-corrected chi connectivity index (χ2v) is 8.18. The first kappa shape index (κ1) is 23.7. The van der Waals surface area contributed by atoms with Crippen molar-refractivity contribution in [1.82, 2.24) is 10.6 Å². The zero-order valence-corrected chi connectivity index (χ0v) is 18.3. The zero-order chi connectivity index (χ0) is 19.8. The number of esters is 1. The van der Waals surface area contributed by atoms with Crippen molar-refractivity contribution in [2.45, 2.75) is 70.3 Å². The summed E-state index contributed by atoms with van der Waals surface area (Å²) in [6.45, 7) is 4.45. The number of hydrogen-bond donors (Lipinski definition) is 2.